The number of hydrogen-bond donors (Lipinski definition) is 1. The zero-order valence-electron chi connectivity index (χ0n) is 10.9. The Morgan fingerprint density at radius 2 is 1.41 bits per heavy atom. The second-order valence-corrected chi connectivity index (χ2v) is 4.28. The maximum atomic E-state index is 5.42. The van der Waals surface area contributed by atoms with Gasteiger partial charge >= 0.3 is 0 Å². The lowest BCUT2D eigenvalue weighted by Crippen LogP contribution is -1.95. The van der Waals surface area contributed by atoms with Crippen LogP contribution >= 0.6 is 0 Å². The van der Waals surface area contributed by atoms with Crippen LogP contribution in [0.25, 0.3) is 0 Å². The van der Waals surface area contributed by atoms with Crippen molar-refractivity contribution in [2.24, 2.45) is 5.73 Å². The Morgan fingerprint density at radius 1 is 0.824 bits per heavy atom. The van der Waals surface area contributed by atoms with Crippen LogP contribution in [0.15, 0.2) is 48.5 Å². The third kappa shape index (κ3) is 4.83. The summed E-state index contributed by atoms with van der Waals surface area (Å²) in [4.78, 5) is 0. The SMILES string of the molecule is Cc1cccc(CN)c1.Cc1ccccc1C. The third-order valence-corrected chi connectivity index (χ3v) is 2.74. The van der Waals surface area contributed by atoms with Crippen molar-refractivity contribution >= 4 is 0 Å². The minimum atomic E-state index is 0.641. The molecule has 0 atom stereocenters. The Balaban J connectivity index is 0.000000171. The number of rotatable bonds is 1. The molecular formula is C16H21N. The second kappa shape index (κ2) is 6.87. The van der Waals surface area contributed by atoms with Gasteiger partial charge in [0.25, 0.3) is 0 Å². The van der Waals surface area contributed by atoms with Gasteiger partial charge in [0.15, 0.2) is 0 Å². The molecule has 0 unspecified atom stereocenters. The highest BCUT2D eigenvalue weighted by molar-refractivity contribution is 5.23. The summed E-state index contributed by atoms with van der Waals surface area (Å²) in [5, 5.41) is 0. The fourth-order valence-corrected chi connectivity index (χ4v) is 1.50. The molecule has 0 saturated carbocycles. The molecule has 2 N–H and O–H groups in total. The lowest BCUT2D eigenvalue weighted by Gasteiger charge is -1.95. The van der Waals surface area contributed by atoms with Gasteiger partial charge in [0.2, 0.25) is 0 Å². The van der Waals surface area contributed by atoms with Crippen molar-refractivity contribution in [3.63, 3.8) is 0 Å². The van der Waals surface area contributed by atoms with Gasteiger partial charge in [-0.3, -0.25) is 0 Å². The molecule has 17 heavy (non-hydrogen) atoms. The highest BCUT2D eigenvalue weighted by atomic mass is 14.5. The molecule has 0 aliphatic heterocycles. The van der Waals surface area contributed by atoms with E-state index >= 15 is 0 Å². The summed E-state index contributed by atoms with van der Waals surface area (Å²) < 4.78 is 0. The molecule has 1 heteroatoms. The first kappa shape index (κ1) is 13.5. The van der Waals surface area contributed by atoms with E-state index in [0.717, 1.165) is 0 Å². The summed E-state index contributed by atoms with van der Waals surface area (Å²) in [6, 6.07) is 16.6. The predicted octanol–water partition coefficient (Wildman–Crippen LogP) is 3.76. The van der Waals surface area contributed by atoms with E-state index in [2.05, 4.69) is 57.2 Å². The molecule has 2 aromatic rings. The molecule has 1 nitrogen and oxygen atoms in total. The maximum absolute atomic E-state index is 5.42. The van der Waals surface area contributed by atoms with Gasteiger partial charge in [-0.1, -0.05) is 54.1 Å². The molecule has 0 fully saturated rings. The van der Waals surface area contributed by atoms with Crippen molar-refractivity contribution < 1.29 is 0 Å². The standard InChI is InChI=1S/C8H11N.C8H10/c1-7-3-2-4-8(5-7)6-9;1-7-5-3-4-6-8(7)2/h2-5H,6,9H2,1H3;3-6H,1-2H3. The molecule has 0 radical (unpaired) electrons. The highest BCUT2D eigenvalue weighted by Gasteiger charge is 1.86. The van der Waals surface area contributed by atoms with E-state index in [0.29, 0.717) is 6.54 Å². The Morgan fingerprint density at radius 3 is 1.76 bits per heavy atom. The van der Waals surface area contributed by atoms with Crippen LogP contribution in [0.3, 0.4) is 0 Å². The molecule has 2 rings (SSSR count). The largest absolute Gasteiger partial charge is 0.326 e. The summed E-state index contributed by atoms with van der Waals surface area (Å²) in [6.07, 6.45) is 0. The summed E-state index contributed by atoms with van der Waals surface area (Å²) in [6.45, 7) is 6.95. The molecule has 0 saturated heterocycles. The van der Waals surface area contributed by atoms with Crippen LogP contribution < -0.4 is 5.73 Å². The monoisotopic (exact) mass is 227 g/mol. The van der Waals surface area contributed by atoms with Gasteiger partial charge in [0.1, 0.15) is 0 Å². The second-order valence-electron chi connectivity index (χ2n) is 4.28. The van der Waals surface area contributed by atoms with Crippen molar-refractivity contribution in [2.75, 3.05) is 0 Å². The Labute approximate surface area is 104 Å². The Kier molecular flexibility index (Phi) is 5.44. The molecule has 90 valence electrons. The highest BCUT2D eigenvalue weighted by Crippen LogP contribution is 2.02. The van der Waals surface area contributed by atoms with Crippen molar-refractivity contribution in [1.29, 1.82) is 0 Å². The number of benzene rings is 2. The maximum Gasteiger partial charge on any atom is 0.0178 e. The lowest BCUT2D eigenvalue weighted by atomic mass is 10.1. The molecule has 0 bridgehead atoms. The van der Waals surface area contributed by atoms with Crippen LogP contribution in [0.4, 0.5) is 0 Å². The number of aryl methyl sites for hydroxylation is 3. The first-order valence-electron chi connectivity index (χ1n) is 5.91. The average molecular weight is 227 g/mol. The molecule has 0 heterocycles. The minimum Gasteiger partial charge on any atom is -0.326 e. The zero-order chi connectivity index (χ0) is 12.7. The van der Waals surface area contributed by atoms with E-state index < -0.39 is 0 Å². The fourth-order valence-electron chi connectivity index (χ4n) is 1.50. The van der Waals surface area contributed by atoms with Crippen LogP contribution in [0.5, 0.6) is 0 Å². The molecule has 0 aliphatic rings. The first-order chi connectivity index (χ1) is 8.13. The normalized spacial score (nSPS) is 9.41. The topological polar surface area (TPSA) is 26.0 Å². The summed E-state index contributed by atoms with van der Waals surface area (Å²) in [7, 11) is 0. The first-order valence-corrected chi connectivity index (χ1v) is 5.91. The fraction of sp³-hybridized carbons (Fsp3) is 0.250. The molecular weight excluding hydrogens is 206 g/mol. The Bertz CT molecular complexity index is 440. The van der Waals surface area contributed by atoms with Gasteiger partial charge in [0, 0.05) is 6.54 Å². The molecule has 0 aliphatic carbocycles. The van der Waals surface area contributed by atoms with Crippen LogP contribution in [0.1, 0.15) is 22.3 Å². The van der Waals surface area contributed by atoms with Crippen molar-refractivity contribution in [3.05, 3.63) is 70.8 Å². The van der Waals surface area contributed by atoms with Gasteiger partial charge in [-0.05, 0) is 37.5 Å². The van der Waals surface area contributed by atoms with Crippen LogP contribution in [-0.4, -0.2) is 0 Å². The third-order valence-electron chi connectivity index (χ3n) is 2.74. The molecule has 0 spiro atoms. The van der Waals surface area contributed by atoms with E-state index in [9.17, 15) is 0 Å². The van der Waals surface area contributed by atoms with Gasteiger partial charge in [0.05, 0.1) is 0 Å². The Hall–Kier alpha value is -1.60. The molecule has 0 amide bonds. The minimum absolute atomic E-state index is 0.641. The number of nitrogens with two attached hydrogens (primary N) is 1. The van der Waals surface area contributed by atoms with Crippen LogP contribution in [0.2, 0.25) is 0 Å². The average Bonchev–Trinajstić information content (AvgIpc) is 2.34. The quantitative estimate of drug-likeness (QED) is 0.788. The van der Waals surface area contributed by atoms with E-state index in [1.807, 2.05) is 12.1 Å². The summed E-state index contributed by atoms with van der Waals surface area (Å²) in [5.41, 5.74) is 10.6. The smallest absolute Gasteiger partial charge is 0.0178 e. The molecule has 2 aromatic carbocycles. The van der Waals surface area contributed by atoms with Gasteiger partial charge in [-0.15, -0.1) is 0 Å². The number of hydrogen-bond acceptors (Lipinski definition) is 1. The van der Waals surface area contributed by atoms with Crippen molar-refractivity contribution in [1.82, 2.24) is 0 Å². The van der Waals surface area contributed by atoms with E-state index in [4.69, 9.17) is 5.73 Å². The van der Waals surface area contributed by atoms with Gasteiger partial charge in [-0.25, -0.2) is 0 Å². The van der Waals surface area contributed by atoms with Crippen molar-refractivity contribution in [3.8, 4) is 0 Å². The predicted molar refractivity (Wildman–Crippen MR) is 75.0 cm³/mol. The van der Waals surface area contributed by atoms with Crippen molar-refractivity contribution in [2.45, 2.75) is 27.3 Å². The summed E-state index contributed by atoms with van der Waals surface area (Å²) >= 11 is 0. The van der Waals surface area contributed by atoms with Gasteiger partial charge in [-0.2, -0.15) is 0 Å². The van der Waals surface area contributed by atoms with E-state index in [-0.39, 0.29) is 0 Å². The van der Waals surface area contributed by atoms with E-state index in [1.165, 1.54) is 22.3 Å². The van der Waals surface area contributed by atoms with Crippen LogP contribution in [0, 0.1) is 20.8 Å². The zero-order valence-corrected chi connectivity index (χ0v) is 10.9. The molecule has 0 aromatic heterocycles. The lowest BCUT2D eigenvalue weighted by molar-refractivity contribution is 1.07. The van der Waals surface area contributed by atoms with Crippen LogP contribution in [-0.2, 0) is 6.54 Å². The van der Waals surface area contributed by atoms with E-state index in [1.54, 1.807) is 0 Å². The summed E-state index contributed by atoms with van der Waals surface area (Å²) in [5.74, 6) is 0. The van der Waals surface area contributed by atoms with Gasteiger partial charge < -0.3 is 5.73 Å².